The summed E-state index contributed by atoms with van der Waals surface area (Å²) in [4.78, 5) is 17.0. The highest BCUT2D eigenvalue weighted by atomic mass is 35.5. The van der Waals surface area contributed by atoms with Crippen LogP contribution in [0.4, 0.5) is 5.82 Å². The first kappa shape index (κ1) is 11.4. The fourth-order valence-electron chi connectivity index (χ4n) is 1.77. The van der Waals surface area contributed by atoms with Gasteiger partial charge in [0.1, 0.15) is 5.82 Å². The van der Waals surface area contributed by atoms with Gasteiger partial charge in [0.15, 0.2) is 12.5 Å². The third-order valence-electron chi connectivity index (χ3n) is 2.53. The maximum Gasteiger partial charge on any atom is 0.188 e. The Morgan fingerprint density at radius 3 is 3.12 bits per heavy atom. The molecule has 1 aliphatic rings. The Kier molecular flexibility index (Phi) is 3.74. The summed E-state index contributed by atoms with van der Waals surface area (Å²) in [6.45, 7) is 0.660. The number of carbonyl (C=O) groups is 1. The number of carbonyl (C=O) groups excluding carboxylic acids is 1. The summed E-state index contributed by atoms with van der Waals surface area (Å²) in [5.74, 6) is 1.29. The lowest BCUT2D eigenvalue weighted by Crippen LogP contribution is -2.31. The van der Waals surface area contributed by atoms with Crippen LogP contribution in [0.5, 0.6) is 0 Å². The summed E-state index contributed by atoms with van der Waals surface area (Å²) in [6, 6.07) is 5.59. The lowest BCUT2D eigenvalue weighted by molar-refractivity contribution is -0.117. The molecule has 4 nitrogen and oxygen atoms in total. The quantitative estimate of drug-likeness (QED) is 0.590. The average molecular weight is 241 g/mol. The zero-order valence-electron chi connectivity index (χ0n) is 8.75. The Balaban J connectivity index is 2.12. The molecule has 1 fully saturated rings. The molecule has 1 aliphatic heterocycles. The fraction of sp³-hybridized carbons (Fsp3) is 0.455. The summed E-state index contributed by atoms with van der Waals surface area (Å²) in [5, 5.41) is 0. The van der Waals surface area contributed by atoms with Gasteiger partial charge in [-0.05, 0) is 18.6 Å². The lowest BCUT2D eigenvalue weighted by Gasteiger charge is -2.18. The Labute approximate surface area is 99.2 Å². The monoisotopic (exact) mass is 240 g/mol. The second-order valence-corrected chi connectivity index (χ2v) is 3.98. The first-order valence-corrected chi connectivity index (χ1v) is 5.73. The minimum absolute atomic E-state index is 0.00899. The van der Waals surface area contributed by atoms with Crippen LogP contribution in [0.3, 0.4) is 0 Å². The van der Waals surface area contributed by atoms with Crippen LogP contribution in [0.15, 0.2) is 24.4 Å². The van der Waals surface area contributed by atoms with E-state index in [0.717, 1.165) is 18.5 Å². The van der Waals surface area contributed by atoms with Crippen molar-refractivity contribution in [3.05, 3.63) is 24.4 Å². The summed E-state index contributed by atoms with van der Waals surface area (Å²) in [5.41, 5.74) is 0. The second-order valence-electron chi connectivity index (χ2n) is 3.60. The standard InChI is InChI=1S/C11H13ClN2O2/c12-5-4-9-7-14(11(8-15)16-9)10-3-1-2-6-13-10/h1-3,6,8-9,11H,4-5,7H2. The van der Waals surface area contributed by atoms with E-state index in [9.17, 15) is 4.79 Å². The van der Waals surface area contributed by atoms with Crippen molar-refractivity contribution >= 4 is 23.7 Å². The molecule has 1 saturated heterocycles. The molecule has 2 atom stereocenters. The van der Waals surface area contributed by atoms with Crippen molar-refractivity contribution in [3.8, 4) is 0 Å². The van der Waals surface area contributed by atoms with Crippen molar-refractivity contribution in [1.29, 1.82) is 0 Å². The van der Waals surface area contributed by atoms with Crippen molar-refractivity contribution in [2.24, 2.45) is 0 Å². The molecule has 0 aliphatic carbocycles. The molecule has 5 heteroatoms. The molecule has 2 rings (SSSR count). The van der Waals surface area contributed by atoms with Crippen molar-refractivity contribution in [3.63, 3.8) is 0 Å². The second kappa shape index (κ2) is 5.27. The molecule has 0 N–H and O–H groups in total. The predicted octanol–water partition coefficient (Wildman–Crippen LogP) is 1.44. The van der Waals surface area contributed by atoms with Gasteiger partial charge in [0.2, 0.25) is 0 Å². The van der Waals surface area contributed by atoms with Crippen LogP contribution >= 0.6 is 11.6 Å². The van der Waals surface area contributed by atoms with E-state index >= 15 is 0 Å². The topological polar surface area (TPSA) is 42.4 Å². The van der Waals surface area contributed by atoms with Crippen LogP contribution in [0.1, 0.15) is 6.42 Å². The Hall–Kier alpha value is -1.13. The van der Waals surface area contributed by atoms with Gasteiger partial charge in [-0.2, -0.15) is 0 Å². The van der Waals surface area contributed by atoms with Crippen molar-refractivity contribution in [2.45, 2.75) is 18.8 Å². The number of aldehydes is 1. The first-order valence-electron chi connectivity index (χ1n) is 5.19. The van der Waals surface area contributed by atoms with E-state index < -0.39 is 6.23 Å². The highest BCUT2D eigenvalue weighted by Crippen LogP contribution is 2.23. The maximum absolute atomic E-state index is 10.9. The molecule has 0 aromatic carbocycles. The van der Waals surface area contributed by atoms with Crippen LogP contribution in [0, 0.1) is 0 Å². The van der Waals surface area contributed by atoms with E-state index in [2.05, 4.69) is 4.98 Å². The van der Waals surface area contributed by atoms with E-state index in [0.29, 0.717) is 12.4 Å². The van der Waals surface area contributed by atoms with E-state index in [1.165, 1.54) is 0 Å². The van der Waals surface area contributed by atoms with Gasteiger partial charge in [-0.1, -0.05) is 6.07 Å². The molecule has 1 aromatic heterocycles. The average Bonchev–Trinajstić information content (AvgIpc) is 2.74. The first-order chi connectivity index (χ1) is 7.85. The van der Waals surface area contributed by atoms with E-state index in [4.69, 9.17) is 16.3 Å². The SMILES string of the molecule is O=CC1OC(CCCl)CN1c1ccccn1. The summed E-state index contributed by atoms with van der Waals surface area (Å²) in [6.07, 6.45) is 2.71. The summed E-state index contributed by atoms with van der Waals surface area (Å²) >= 11 is 5.66. The van der Waals surface area contributed by atoms with Crippen molar-refractivity contribution in [1.82, 2.24) is 4.98 Å². The Bertz CT molecular complexity index is 347. The van der Waals surface area contributed by atoms with E-state index in [1.54, 1.807) is 6.20 Å². The van der Waals surface area contributed by atoms with Crippen molar-refractivity contribution < 1.29 is 9.53 Å². The number of rotatable bonds is 4. The van der Waals surface area contributed by atoms with Gasteiger partial charge in [0.25, 0.3) is 0 Å². The number of hydrogen-bond donors (Lipinski definition) is 0. The molecular weight excluding hydrogens is 228 g/mol. The summed E-state index contributed by atoms with van der Waals surface area (Å²) < 4.78 is 5.55. The third kappa shape index (κ3) is 2.33. The summed E-state index contributed by atoms with van der Waals surface area (Å²) in [7, 11) is 0. The molecule has 0 bridgehead atoms. The third-order valence-corrected chi connectivity index (χ3v) is 2.75. The van der Waals surface area contributed by atoms with Gasteiger partial charge < -0.3 is 9.64 Å². The lowest BCUT2D eigenvalue weighted by atomic mass is 10.3. The molecule has 0 amide bonds. The number of anilines is 1. The number of ether oxygens (including phenoxy) is 1. The van der Waals surface area contributed by atoms with E-state index in [1.807, 2.05) is 23.1 Å². The molecule has 0 spiro atoms. The number of alkyl halides is 1. The number of aromatic nitrogens is 1. The number of halogens is 1. The number of hydrogen-bond acceptors (Lipinski definition) is 4. The highest BCUT2D eigenvalue weighted by molar-refractivity contribution is 6.17. The molecular formula is C11H13ClN2O2. The van der Waals surface area contributed by atoms with Crippen LogP contribution < -0.4 is 4.90 Å². The van der Waals surface area contributed by atoms with Crippen LogP contribution in [-0.2, 0) is 9.53 Å². The Morgan fingerprint density at radius 2 is 2.50 bits per heavy atom. The fourth-order valence-corrected chi connectivity index (χ4v) is 2.01. The normalized spacial score (nSPS) is 24.7. The molecule has 16 heavy (non-hydrogen) atoms. The van der Waals surface area contributed by atoms with Crippen LogP contribution in [-0.4, -0.2) is 36.0 Å². The molecule has 1 aromatic rings. The van der Waals surface area contributed by atoms with Crippen LogP contribution in [0.2, 0.25) is 0 Å². The van der Waals surface area contributed by atoms with Gasteiger partial charge in [-0.25, -0.2) is 4.98 Å². The highest BCUT2D eigenvalue weighted by Gasteiger charge is 2.32. The number of pyridine rings is 1. The predicted molar refractivity (Wildman–Crippen MR) is 61.6 cm³/mol. The van der Waals surface area contributed by atoms with Gasteiger partial charge in [0.05, 0.1) is 6.10 Å². The molecule has 0 radical (unpaired) electrons. The largest absolute Gasteiger partial charge is 0.346 e. The minimum Gasteiger partial charge on any atom is -0.346 e. The minimum atomic E-state index is -0.539. The zero-order chi connectivity index (χ0) is 11.4. The maximum atomic E-state index is 10.9. The van der Waals surface area contributed by atoms with E-state index in [-0.39, 0.29) is 6.10 Å². The number of nitrogens with zero attached hydrogens (tertiary/aromatic N) is 2. The Morgan fingerprint density at radius 1 is 1.62 bits per heavy atom. The van der Waals surface area contributed by atoms with Gasteiger partial charge in [0, 0.05) is 18.6 Å². The van der Waals surface area contributed by atoms with Crippen LogP contribution in [0.25, 0.3) is 0 Å². The van der Waals surface area contributed by atoms with Gasteiger partial charge in [-0.15, -0.1) is 11.6 Å². The van der Waals surface area contributed by atoms with Gasteiger partial charge >= 0.3 is 0 Å². The zero-order valence-corrected chi connectivity index (χ0v) is 9.51. The van der Waals surface area contributed by atoms with Crippen molar-refractivity contribution in [2.75, 3.05) is 17.3 Å². The molecule has 86 valence electrons. The molecule has 2 unspecified atom stereocenters. The molecule has 0 saturated carbocycles. The molecule has 2 heterocycles. The smallest absolute Gasteiger partial charge is 0.188 e. The van der Waals surface area contributed by atoms with Gasteiger partial charge in [-0.3, -0.25) is 4.79 Å².